The zero-order chi connectivity index (χ0) is 28.5. The van der Waals surface area contributed by atoms with E-state index in [1.807, 2.05) is 66.7 Å². The van der Waals surface area contributed by atoms with Gasteiger partial charge in [0.15, 0.2) is 0 Å². The van der Waals surface area contributed by atoms with Gasteiger partial charge in [0.1, 0.15) is 6.04 Å². The molecule has 1 fully saturated rings. The second-order valence-corrected chi connectivity index (χ2v) is 9.56. The van der Waals surface area contributed by atoms with Crippen LogP contribution in [0.25, 0.3) is 22.3 Å². The minimum absolute atomic E-state index is 0.0468. The van der Waals surface area contributed by atoms with Crippen LogP contribution in [0.15, 0.2) is 78.9 Å². The Hall–Kier alpha value is -4.50. The predicted molar refractivity (Wildman–Crippen MR) is 150 cm³/mol. The highest BCUT2D eigenvalue weighted by molar-refractivity contribution is 6.00. The molecule has 3 aromatic rings. The first-order valence-corrected chi connectivity index (χ1v) is 13.4. The van der Waals surface area contributed by atoms with Crippen LogP contribution in [0.3, 0.4) is 0 Å². The number of carboxylic acid groups (broad SMARTS) is 1. The molecule has 9 heteroatoms. The summed E-state index contributed by atoms with van der Waals surface area (Å²) in [5.74, 6) is -2.23. The third-order valence-electron chi connectivity index (χ3n) is 6.73. The Balaban J connectivity index is 1.56. The van der Waals surface area contributed by atoms with Gasteiger partial charge in [0.2, 0.25) is 5.91 Å². The lowest BCUT2D eigenvalue weighted by atomic mass is 9.95. The van der Waals surface area contributed by atoms with Crippen LogP contribution in [0.2, 0.25) is 0 Å². The highest BCUT2D eigenvalue weighted by atomic mass is 16.7. The smallest absolute Gasteiger partial charge is 0.324 e. The van der Waals surface area contributed by atoms with Crippen LogP contribution in [0, 0.1) is 0 Å². The number of hydroxylamine groups is 2. The Bertz CT molecular complexity index is 1280. The average Bonchev–Trinajstić information content (AvgIpc) is 2.99. The summed E-state index contributed by atoms with van der Waals surface area (Å²) in [7, 11) is 0. The molecule has 0 aromatic heterocycles. The van der Waals surface area contributed by atoms with E-state index < -0.39 is 17.9 Å². The molecule has 0 bridgehead atoms. The van der Waals surface area contributed by atoms with Gasteiger partial charge in [-0.1, -0.05) is 67.6 Å². The van der Waals surface area contributed by atoms with Gasteiger partial charge < -0.3 is 20.2 Å². The predicted octanol–water partition coefficient (Wildman–Crippen LogP) is 4.00. The van der Waals surface area contributed by atoms with E-state index in [2.05, 4.69) is 5.32 Å². The van der Waals surface area contributed by atoms with Crippen LogP contribution < -0.4 is 5.32 Å². The SMILES string of the molecule is CCC(=O)ON1CCN(C(=O)[C@H](CCC(=O)O)NC(=O)c2cc(-c3ccccc3)cc(-c3ccccc3)c2)CC1. The minimum Gasteiger partial charge on any atom is -0.481 e. The Morgan fingerprint density at radius 2 is 1.38 bits per heavy atom. The number of carbonyl (C=O) groups is 4. The fourth-order valence-electron chi connectivity index (χ4n) is 4.55. The van der Waals surface area contributed by atoms with Gasteiger partial charge in [0.25, 0.3) is 5.91 Å². The number of carbonyl (C=O) groups excluding carboxylic acids is 3. The number of piperazine rings is 1. The molecular weight excluding hydrogens is 510 g/mol. The molecule has 0 radical (unpaired) electrons. The normalized spacial score (nSPS) is 14.3. The summed E-state index contributed by atoms with van der Waals surface area (Å²) in [6, 6.07) is 23.9. The fraction of sp³-hybridized carbons (Fsp3) is 0.290. The van der Waals surface area contributed by atoms with Crippen molar-refractivity contribution in [2.75, 3.05) is 26.2 Å². The number of rotatable bonds is 10. The number of amides is 2. The summed E-state index contributed by atoms with van der Waals surface area (Å²) in [6.45, 7) is 2.94. The standard InChI is InChI=1S/C31H33N3O6/c1-2-29(37)40-34-17-15-33(16-18-34)31(39)27(13-14-28(35)36)32-30(38)26-20-24(22-9-5-3-6-10-22)19-25(21-26)23-11-7-4-8-12-23/h3-12,19-21,27H,2,13-18H2,1H3,(H,32,38)(H,35,36)/t27-/m0/s1. The van der Waals surface area contributed by atoms with Gasteiger partial charge in [-0.25, -0.2) is 0 Å². The molecule has 1 aliphatic heterocycles. The van der Waals surface area contributed by atoms with Crippen LogP contribution in [-0.4, -0.2) is 71.0 Å². The van der Waals surface area contributed by atoms with Gasteiger partial charge in [-0.05, 0) is 46.9 Å². The van der Waals surface area contributed by atoms with Gasteiger partial charge in [-0.15, -0.1) is 5.06 Å². The topological polar surface area (TPSA) is 116 Å². The maximum Gasteiger partial charge on any atom is 0.324 e. The lowest BCUT2D eigenvalue weighted by Crippen LogP contribution is -2.55. The zero-order valence-electron chi connectivity index (χ0n) is 22.4. The zero-order valence-corrected chi connectivity index (χ0v) is 22.4. The van der Waals surface area contributed by atoms with Crippen molar-refractivity contribution >= 4 is 23.8 Å². The maximum atomic E-state index is 13.6. The van der Waals surface area contributed by atoms with Crippen molar-refractivity contribution in [2.24, 2.45) is 0 Å². The number of carboxylic acids is 1. The molecule has 2 N–H and O–H groups in total. The van der Waals surface area contributed by atoms with Crippen molar-refractivity contribution in [3.63, 3.8) is 0 Å². The number of hydrogen-bond acceptors (Lipinski definition) is 6. The Kier molecular flexibility index (Phi) is 9.64. The van der Waals surface area contributed by atoms with Crippen LogP contribution in [-0.2, 0) is 19.2 Å². The molecule has 1 heterocycles. The van der Waals surface area contributed by atoms with Crippen molar-refractivity contribution in [2.45, 2.75) is 32.2 Å². The Morgan fingerprint density at radius 1 is 0.825 bits per heavy atom. The molecule has 2 amide bonds. The third kappa shape index (κ3) is 7.54. The molecule has 1 aliphatic rings. The van der Waals surface area contributed by atoms with Gasteiger partial charge in [-0.3, -0.25) is 19.2 Å². The molecule has 4 rings (SSSR count). The second kappa shape index (κ2) is 13.5. The molecule has 0 spiro atoms. The molecule has 40 heavy (non-hydrogen) atoms. The van der Waals surface area contributed by atoms with Crippen molar-refractivity contribution in [1.82, 2.24) is 15.3 Å². The van der Waals surface area contributed by atoms with E-state index in [4.69, 9.17) is 4.84 Å². The molecule has 0 unspecified atom stereocenters. The molecule has 3 aromatic carbocycles. The molecule has 9 nitrogen and oxygen atoms in total. The van der Waals surface area contributed by atoms with Crippen molar-refractivity contribution in [3.05, 3.63) is 84.4 Å². The maximum absolute atomic E-state index is 13.6. The van der Waals surface area contributed by atoms with Gasteiger partial charge in [0.05, 0.1) is 13.1 Å². The van der Waals surface area contributed by atoms with E-state index in [0.29, 0.717) is 18.7 Å². The van der Waals surface area contributed by atoms with Crippen LogP contribution in [0.4, 0.5) is 0 Å². The molecule has 0 saturated carbocycles. The summed E-state index contributed by atoms with van der Waals surface area (Å²) in [5, 5.41) is 13.6. The number of nitrogens with one attached hydrogen (secondary N) is 1. The first kappa shape index (κ1) is 28.5. The lowest BCUT2D eigenvalue weighted by molar-refractivity contribution is -0.197. The van der Waals surface area contributed by atoms with Gasteiger partial charge >= 0.3 is 11.9 Å². The quantitative estimate of drug-likeness (QED) is 0.397. The number of aliphatic carboxylic acids is 1. The van der Waals surface area contributed by atoms with Gasteiger partial charge in [-0.2, -0.15) is 0 Å². The molecule has 1 saturated heterocycles. The number of benzene rings is 3. The van der Waals surface area contributed by atoms with E-state index in [1.54, 1.807) is 24.0 Å². The first-order chi connectivity index (χ1) is 19.3. The average molecular weight is 544 g/mol. The Labute approximate surface area is 233 Å². The summed E-state index contributed by atoms with van der Waals surface area (Å²) in [5.41, 5.74) is 3.94. The first-order valence-electron chi connectivity index (χ1n) is 13.4. The monoisotopic (exact) mass is 543 g/mol. The molecule has 0 aliphatic carbocycles. The summed E-state index contributed by atoms with van der Waals surface area (Å²) < 4.78 is 0. The summed E-state index contributed by atoms with van der Waals surface area (Å²) in [6.07, 6.45) is -0.0706. The van der Waals surface area contributed by atoms with E-state index in [1.165, 1.54) is 5.06 Å². The second-order valence-electron chi connectivity index (χ2n) is 9.56. The largest absolute Gasteiger partial charge is 0.481 e. The highest BCUT2D eigenvalue weighted by Crippen LogP contribution is 2.28. The van der Waals surface area contributed by atoms with E-state index in [0.717, 1.165) is 22.3 Å². The number of hydrogen-bond donors (Lipinski definition) is 2. The highest BCUT2D eigenvalue weighted by Gasteiger charge is 2.30. The van der Waals surface area contributed by atoms with E-state index in [9.17, 15) is 24.3 Å². The molecule has 208 valence electrons. The van der Waals surface area contributed by atoms with Gasteiger partial charge in [0, 0.05) is 31.5 Å². The van der Waals surface area contributed by atoms with Crippen LogP contribution >= 0.6 is 0 Å². The molecular formula is C31H33N3O6. The van der Waals surface area contributed by atoms with Crippen LogP contribution in [0.5, 0.6) is 0 Å². The molecule has 1 atom stereocenters. The van der Waals surface area contributed by atoms with E-state index in [-0.39, 0.29) is 44.2 Å². The van der Waals surface area contributed by atoms with E-state index >= 15 is 0 Å². The summed E-state index contributed by atoms with van der Waals surface area (Å²) in [4.78, 5) is 56.7. The number of nitrogens with zero attached hydrogens (tertiary/aromatic N) is 2. The third-order valence-corrected chi connectivity index (χ3v) is 6.73. The van der Waals surface area contributed by atoms with Crippen LogP contribution in [0.1, 0.15) is 36.5 Å². The van der Waals surface area contributed by atoms with Crippen molar-refractivity contribution in [1.29, 1.82) is 0 Å². The Morgan fingerprint density at radius 3 is 1.88 bits per heavy atom. The van der Waals surface area contributed by atoms with Crippen molar-refractivity contribution < 1.29 is 29.1 Å². The van der Waals surface area contributed by atoms with Crippen molar-refractivity contribution in [3.8, 4) is 22.3 Å². The summed E-state index contributed by atoms with van der Waals surface area (Å²) >= 11 is 0. The fourth-order valence-corrected chi connectivity index (χ4v) is 4.55. The lowest BCUT2D eigenvalue weighted by Gasteiger charge is -2.35. The minimum atomic E-state index is -1.05.